The summed E-state index contributed by atoms with van der Waals surface area (Å²) in [6, 6.07) is 6.93. The molecule has 3 N–H and O–H groups in total. The van der Waals surface area contributed by atoms with Crippen LogP contribution in [0.4, 0.5) is 0 Å². The van der Waals surface area contributed by atoms with E-state index in [0.29, 0.717) is 12.2 Å². The molecule has 0 spiro atoms. The van der Waals surface area contributed by atoms with Crippen molar-refractivity contribution >= 4 is 5.97 Å². The maximum atomic E-state index is 10.8. The molecule has 2 atom stereocenters. The van der Waals surface area contributed by atoms with Crippen LogP contribution in [0.1, 0.15) is 48.0 Å². The van der Waals surface area contributed by atoms with E-state index >= 15 is 0 Å². The Bertz CT molecular complexity index is 416. The zero-order valence-corrected chi connectivity index (χ0v) is 11.0. The molecule has 2 unspecified atom stereocenters. The van der Waals surface area contributed by atoms with E-state index in [1.54, 1.807) is 24.3 Å². The van der Waals surface area contributed by atoms with Crippen molar-refractivity contribution in [2.24, 2.45) is 5.73 Å². The van der Waals surface area contributed by atoms with Gasteiger partial charge in [0.15, 0.2) is 0 Å². The van der Waals surface area contributed by atoms with Gasteiger partial charge in [-0.25, -0.2) is 4.79 Å². The van der Waals surface area contributed by atoms with Gasteiger partial charge in [0.05, 0.1) is 18.3 Å². The minimum Gasteiger partial charge on any atom is -0.478 e. The Kier molecular flexibility index (Phi) is 4.93. The maximum Gasteiger partial charge on any atom is 0.335 e. The number of carboxylic acid groups (broad SMARTS) is 1. The van der Waals surface area contributed by atoms with Crippen molar-refractivity contribution in [1.82, 2.24) is 0 Å². The van der Waals surface area contributed by atoms with E-state index < -0.39 is 5.97 Å². The summed E-state index contributed by atoms with van der Waals surface area (Å²) < 4.78 is 5.89. The fourth-order valence-electron chi connectivity index (χ4n) is 2.46. The van der Waals surface area contributed by atoms with Crippen LogP contribution in [0.15, 0.2) is 24.3 Å². The SMILES string of the molecule is NC1CCCCCC1OCc1ccc(C(=O)O)cc1. The molecule has 0 aromatic heterocycles. The molecule has 1 aliphatic rings. The third kappa shape index (κ3) is 4.04. The second-order valence-corrected chi connectivity index (χ2v) is 5.15. The van der Waals surface area contributed by atoms with E-state index in [1.807, 2.05) is 0 Å². The second-order valence-electron chi connectivity index (χ2n) is 5.15. The van der Waals surface area contributed by atoms with E-state index in [4.69, 9.17) is 15.6 Å². The van der Waals surface area contributed by atoms with E-state index in [1.165, 1.54) is 19.3 Å². The van der Waals surface area contributed by atoms with Gasteiger partial charge >= 0.3 is 5.97 Å². The van der Waals surface area contributed by atoms with E-state index in [-0.39, 0.29) is 12.1 Å². The summed E-state index contributed by atoms with van der Waals surface area (Å²) in [4.78, 5) is 10.8. The average molecular weight is 263 g/mol. The van der Waals surface area contributed by atoms with Crippen molar-refractivity contribution in [3.8, 4) is 0 Å². The van der Waals surface area contributed by atoms with Gasteiger partial charge in [0.2, 0.25) is 0 Å². The van der Waals surface area contributed by atoms with Gasteiger partial charge < -0.3 is 15.6 Å². The Labute approximate surface area is 113 Å². The van der Waals surface area contributed by atoms with Crippen LogP contribution in [-0.4, -0.2) is 23.2 Å². The molecular weight excluding hydrogens is 242 g/mol. The molecule has 4 heteroatoms. The van der Waals surface area contributed by atoms with Gasteiger partial charge in [-0.2, -0.15) is 0 Å². The first-order valence-corrected chi connectivity index (χ1v) is 6.86. The number of hydrogen-bond acceptors (Lipinski definition) is 3. The normalized spacial score (nSPS) is 23.8. The minimum atomic E-state index is -0.904. The molecular formula is C15H21NO3. The van der Waals surface area contributed by atoms with Crippen LogP contribution >= 0.6 is 0 Å². The smallest absolute Gasteiger partial charge is 0.335 e. The molecule has 0 heterocycles. The summed E-state index contributed by atoms with van der Waals surface area (Å²) in [5, 5.41) is 8.83. The Morgan fingerprint density at radius 1 is 1.21 bits per heavy atom. The largest absolute Gasteiger partial charge is 0.478 e. The summed E-state index contributed by atoms with van der Waals surface area (Å²) in [6.07, 6.45) is 5.78. The van der Waals surface area contributed by atoms with E-state index in [0.717, 1.165) is 18.4 Å². The number of hydrogen-bond donors (Lipinski definition) is 2. The molecule has 19 heavy (non-hydrogen) atoms. The predicted molar refractivity (Wildman–Crippen MR) is 73.0 cm³/mol. The Hall–Kier alpha value is -1.39. The molecule has 0 amide bonds. The molecule has 1 aliphatic carbocycles. The lowest BCUT2D eigenvalue weighted by Crippen LogP contribution is -2.35. The van der Waals surface area contributed by atoms with Crippen LogP contribution in [0.3, 0.4) is 0 Å². The molecule has 1 aromatic carbocycles. The van der Waals surface area contributed by atoms with Crippen molar-refractivity contribution in [3.05, 3.63) is 35.4 Å². The average Bonchev–Trinajstić information content (AvgIpc) is 2.61. The van der Waals surface area contributed by atoms with Crippen molar-refractivity contribution in [2.45, 2.75) is 50.9 Å². The van der Waals surface area contributed by atoms with Crippen LogP contribution < -0.4 is 5.73 Å². The van der Waals surface area contributed by atoms with E-state index in [2.05, 4.69) is 0 Å². The zero-order chi connectivity index (χ0) is 13.7. The van der Waals surface area contributed by atoms with Gasteiger partial charge in [0.25, 0.3) is 0 Å². The Morgan fingerprint density at radius 3 is 2.58 bits per heavy atom. The summed E-state index contributed by atoms with van der Waals surface area (Å²) in [6.45, 7) is 0.498. The number of aromatic carboxylic acids is 1. The van der Waals surface area contributed by atoms with Crippen LogP contribution in [0.2, 0.25) is 0 Å². The van der Waals surface area contributed by atoms with Crippen molar-refractivity contribution < 1.29 is 14.6 Å². The van der Waals surface area contributed by atoms with Crippen molar-refractivity contribution in [3.63, 3.8) is 0 Å². The first-order valence-electron chi connectivity index (χ1n) is 6.86. The quantitative estimate of drug-likeness (QED) is 0.819. The van der Waals surface area contributed by atoms with Crippen LogP contribution in [0.25, 0.3) is 0 Å². The van der Waals surface area contributed by atoms with Crippen LogP contribution in [-0.2, 0) is 11.3 Å². The topological polar surface area (TPSA) is 72.5 Å². The van der Waals surface area contributed by atoms with Gasteiger partial charge in [-0.3, -0.25) is 0 Å². The van der Waals surface area contributed by atoms with Crippen molar-refractivity contribution in [2.75, 3.05) is 0 Å². The highest BCUT2D eigenvalue weighted by molar-refractivity contribution is 5.87. The predicted octanol–water partition coefficient (Wildman–Crippen LogP) is 2.56. The molecule has 1 fully saturated rings. The highest BCUT2D eigenvalue weighted by Crippen LogP contribution is 2.20. The number of carboxylic acids is 1. The molecule has 1 aromatic rings. The molecule has 2 rings (SSSR count). The first kappa shape index (κ1) is 14.0. The summed E-state index contributed by atoms with van der Waals surface area (Å²) in [7, 11) is 0. The highest BCUT2D eigenvalue weighted by atomic mass is 16.5. The molecule has 0 aliphatic heterocycles. The van der Waals surface area contributed by atoms with Gasteiger partial charge in [0.1, 0.15) is 0 Å². The fourth-order valence-corrected chi connectivity index (χ4v) is 2.46. The van der Waals surface area contributed by atoms with Gasteiger partial charge in [0, 0.05) is 6.04 Å². The van der Waals surface area contributed by atoms with Gasteiger partial charge in [-0.15, -0.1) is 0 Å². The lowest BCUT2D eigenvalue weighted by atomic mass is 10.1. The molecule has 0 radical (unpaired) electrons. The van der Waals surface area contributed by atoms with Crippen molar-refractivity contribution in [1.29, 1.82) is 0 Å². The molecule has 0 bridgehead atoms. The van der Waals surface area contributed by atoms with Gasteiger partial charge in [-0.05, 0) is 30.5 Å². The number of carbonyl (C=O) groups is 1. The number of ether oxygens (including phenoxy) is 1. The third-order valence-electron chi connectivity index (χ3n) is 3.67. The van der Waals surface area contributed by atoms with Crippen LogP contribution in [0.5, 0.6) is 0 Å². The number of nitrogens with two attached hydrogens (primary N) is 1. The Morgan fingerprint density at radius 2 is 1.89 bits per heavy atom. The minimum absolute atomic E-state index is 0.126. The monoisotopic (exact) mass is 263 g/mol. The maximum absolute atomic E-state index is 10.8. The van der Waals surface area contributed by atoms with Crippen LogP contribution in [0, 0.1) is 0 Å². The molecule has 1 saturated carbocycles. The summed E-state index contributed by atoms with van der Waals surface area (Å²) >= 11 is 0. The lowest BCUT2D eigenvalue weighted by molar-refractivity contribution is 0.0194. The van der Waals surface area contributed by atoms with E-state index in [9.17, 15) is 4.79 Å². The Balaban J connectivity index is 1.88. The highest BCUT2D eigenvalue weighted by Gasteiger charge is 2.20. The molecule has 4 nitrogen and oxygen atoms in total. The zero-order valence-electron chi connectivity index (χ0n) is 11.0. The molecule has 0 saturated heterocycles. The lowest BCUT2D eigenvalue weighted by Gasteiger charge is -2.21. The molecule has 104 valence electrons. The first-order chi connectivity index (χ1) is 9.16. The number of benzene rings is 1. The fraction of sp³-hybridized carbons (Fsp3) is 0.533. The van der Waals surface area contributed by atoms with Gasteiger partial charge in [-0.1, -0.05) is 31.4 Å². The second kappa shape index (κ2) is 6.68. The number of rotatable bonds is 4. The third-order valence-corrected chi connectivity index (χ3v) is 3.67. The summed E-state index contributed by atoms with van der Waals surface area (Å²) in [5.74, 6) is -0.904. The standard InChI is InChI=1S/C15H21NO3/c16-13-4-2-1-3-5-14(13)19-10-11-6-8-12(9-7-11)15(17)18/h6-9,13-14H,1-5,10,16H2,(H,17,18). The summed E-state index contributed by atoms with van der Waals surface area (Å²) in [5.41, 5.74) is 7.39.